The Bertz CT molecular complexity index is 1980. The highest BCUT2D eigenvalue weighted by Gasteiger charge is 2.67. The van der Waals surface area contributed by atoms with Crippen LogP contribution in [-0.4, -0.2) is 62.1 Å². The Kier molecular flexibility index (Phi) is 7.76. The summed E-state index contributed by atoms with van der Waals surface area (Å²) in [6, 6.07) is 15.9. The van der Waals surface area contributed by atoms with Gasteiger partial charge in [-0.25, -0.2) is 9.29 Å². The van der Waals surface area contributed by atoms with Gasteiger partial charge < -0.3 is 19.5 Å². The molecule has 3 heterocycles. The molecule has 5 aliphatic rings. The number of hydrogen-bond acceptors (Lipinski definition) is 8. The number of anilines is 3. The Morgan fingerprint density at radius 1 is 0.880 bits per heavy atom. The monoisotopic (exact) mass is 699 g/mol. The van der Waals surface area contributed by atoms with Gasteiger partial charge >= 0.3 is 0 Å². The van der Waals surface area contributed by atoms with Crippen molar-refractivity contribution in [2.45, 2.75) is 25.7 Å². The van der Waals surface area contributed by atoms with Gasteiger partial charge in [0.1, 0.15) is 5.82 Å². The number of aromatic hydroxyl groups is 1. The third kappa shape index (κ3) is 4.70. The third-order valence-electron chi connectivity index (χ3n) is 11.5. The SMILES string of the molecule is COc1cc(C2C3=CCC4C(=O)N(c5ccc(N6CCOCC6)cc5)C(=O)C4C3CC3C(=O)N(c4ccc(F)c(Cl)c4)C(=O)C32C)ccc1O. The summed E-state index contributed by atoms with van der Waals surface area (Å²) in [5.74, 6) is -5.66. The minimum absolute atomic E-state index is 0.0914. The van der Waals surface area contributed by atoms with Gasteiger partial charge in [0.2, 0.25) is 23.6 Å². The first kappa shape index (κ1) is 32.5. The van der Waals surface area contributed by atoms with Crippen LogP contribution in [0.3, 0.4) is 0 Å². The number of benzene rings is 3. The van der Waals surface area contributed by atoms with Crippen LogP contribution in [-0.2, 0) is 23.9 Å². The number of hydrogen-bond donors (Lipinski definition) is 1. The van der Waals surface area contributed by atoms with E-state index in [1.807, 2.05) is 18.2 Å². The van der Waals surface area contributed by atoms with Crippen molar-refractivity contribution in [2.75, 3.05) is 48.1 Å². The molecule has 3 aromatic carbocycles. The fourth-order valence-corrected chi connectivity index (χ4v) is 9.20. The molecule has 2 aliphatic carbocycles. The molecule has 1 saturated carbocycles. The highest BCUT2D eigenvalue weighted by Crippen LogP contribution is 2.64. The zero-order chi connectivity index (χ0) is 35.1. The summed E-state index contributed by atoms with van der Waals surface area (Å²) in [4.78, 5) is 62.0. The number of methoxy groups -OCH3 is 1. The fourth-order valence-electron chi connectivity index (χ4n) is 9.03. The molecule has 258 valence electrons. The molecule has 3 aliphatic heterocycles. The summed E-state index contributed by atoms with van der Waals surface area (Å²) in [7, 11) is 1.42. The summed E-state index contributed by atoms with van der Waals surface area (Å²) in [6.45, 7) is 4.52. The number of phenolic OH excluding ortho intramolecular Hbond substituents is 1. The molecule has 8 rings (SSSR count). The van der Waals surface area contributed by atoms with Crippen LogP contribution in [0.1, 0.15) is 31.2 Å². The first-order valence-electron chi connectivity index (χ1n) is 16.8. The second-order valence-electron chi connectivity index (χ2n) is 13.8. The molecule has 50 heavy (non-hydrogen) atoms. The van der Waals surface area contributed by atoms with Gasteiger partial charge in [0, 0.05) is 24.7 Å². The van der Waals surface area contributed by atoms with Crippen molar-refractivity contribution in [2.24, 2.45) is 29.1 Å². The number of carbonyl (C=O) groups excluding carboxylic acids is 4. The lowest BCUT2D eigenvalue weighted by molar-refractivity contribution is -0.131. The fraction of sp³-hybridized carbons (Fsp3) is 0.368. The highest BCUT2D eigenvalue weighted by molar-refractivity contribution is 6.32. The number of imide groups is 2. The lowest BCUT2D eigenvalue weighted by Crippen LogP contribution is -2.48. The van der Waals surface area contributed by atoms with E-state index in [-0.39, 0.29) is 46.9 Å². The second-order valence-corrected chi connectivity index (χ2v) is 14.2. The number of rotatable bonds is 5. The van der Waals surface area contributed by atoms with Crippen molar-refractivity contribution in [3.8, 4) is 11.5 Å². The van der Waals surface area contributed by atoms with E-state index in [1.165, 1.54) is 30.2 Å². The first-order chi connectivity index (χ1) is 24.0. The van der Waals surface area contributed by atoms with Gasteiger partial charge in [-0.2, -0.15) is 0 Å². The van der Waals surface area contributed by atoms with Crippen LogP contribution >= 0.6 is 11.6 Å². The average Bonchev–Trinajstić information content (AvgIpc) is 3.49. The Morgan fingerprint density at radius 2 is 1.58 bits per heavy atom. The lowest BCUT2D eigenvalue weighted by atomic mass is 9.51. The van der Waals surface area contributed by atoms with Crippen LogP contribution in [0.2, 0.25) is 5.02 Å². The number of halogens is 2. The van der Waals surface area contributed by atoms with Crippen molar-refractivity contribution in [1.82, 2.24) is 0 Å². The molecule has 0 aromatic heterocycles. The van der Waals surface area contributed by atoms with E-state index in [0.717, 1.165) is 35.3 Å². The van der Waals surface area contributed by atoms with E-state index < -0.39 is 52.6 Å². The van der Waals surface area contributed by atoms with Crippen LogP contribution in [0, 0.1) is 34.9 Å². The third-order valence-corrected chi connectivity index (χ3v) is 11.7. The van der Waals surface area contributed by atoms with Crippen LogP contribution in [0.25, 0.3) is 0 Å². The summed E-state index contributed by atoms with van der Waals surface area (Å²) in [5.41, 5.74) is 1.71. The minimum Gasteiger partial charge on any atom is -0.504 e. The Morgan fingerprint density at radius 3 is 2.28 bits per heavy atom. The lowest BCUT2D eigenvalue weighted by Gasteiger charge is -2.49. The number of amides is 4. The molecule has 3 aromatic rings. The van der Waals surface area contributed by atoms with Crippen LogP contribution in [0.4, 0.5) is 21.5 Å². The predicted molar refractivity (Wildman–Crippen MR) is 183 cm³/mol. The zero-order valence-electron chi connectivity index (χ0n) is 27.5. The molecular weight excluding hydrogens is 665 g/mol. The quantitative estimate of drug-likeness (QED) is 0.276. The van der Waals surface area contributed by atoms with Gasteiger partial charge in [-0.05, 0) is 85.8 Å². The summed E-state index contributed by atoms with van der Waals surface area (Å²) in [5, 5.41) is 10.2. The number of morpholine rings is 1. The summed E-state index contributed by atoms with van der Waals surface area (Å²) < 4.78 is 25.1. The van der Waals surface area contributed by atoms with Crippen LogP contribution < -0.4 is 19.4 Å². The maximum atomic E-state index is 14.6. The van der Waals surface area contributed by atoms with Gasteiger partial charge in [0.15, 0.2) is 11.5 Å². The Hall–Kier alpha value is -4.74. The molecule has 12 heteroatoms. The van der Waals surface area contributed by atoms with E-state index in [9.17, 15) is 28.7 Å². The van der Waals surface area contributed by atoms with Crippen LogP contribution in [0.15, 0.2) is 72.3 Å². The minimum atomic E-state index is -1.32. The van der Waals surface area contributed by atoms with Gasteiger partial charge in [-0.3, -0.25) is 24.1 Å². The molecular formula is C38H35ClFN3O7. The van der Waals surface area contributed by atoms with E-state index in [4.69, 9.17) is 21.1 Å². The standard InChI is InChI=1S/C38H35ClFN3O7/c1-38-27(35(46)43(37(38)48)23-8-11-29(40)28(39)18-23)19-26-24(33(38)20-3-12-30(44)31(17-20)49-2)9-10-25-32(26)36(47)42(34(25)45)22-6-4-21(5-7-22)41-13-15-50-16-14-41/h3-9,11-12,17-18,25-27,32-33,44H,10,13-16,19H2,1-2H3. The van der Waals surface area contributed by atoms with Crippen molar-refractivity contribution >= 4 is 52.3 Å². The smallest absolute Gasteiger partial charge is 0.241 e. The van der Waals surface area contributed by atoms with E-state index >= 15 is 0 Å². The maximum absolute atomic E-state index is 14.6. The number of nitrogens with zero attached hydrogens (tertiary/aromatic N) is 3. The molecule has 0 radical (unpaired) electrons. The number of ether oxygens (including phenoxy) is 2. The van der Waals surface area contributed by atoms with Gasteiger partial charge in [-0.15, -0.1) is 0 Å². The van der Waals surface area contributed by atoms with E-state index in [0.29, 0.717) is 24.5 Å². The Balaban J connectivity index is 1.20. The number of allylic oxidation sites excluding steroid dienone is 2. The average molecular weight is 700 g/mol. The molecule has 6 atom stereocenters. The molecule has 10 nitrogen and oxygen atoms in total. The summed E-state index contributed by atoms with van der Waals surface area (Å²) in [6.07, 6.45) is 2.41. The molecule has 4 fully saturated rings. The van der Waals surface area contributed by atoms with Gasteiger partial charge in [-0.1, -0.05) is 29.3 Å². The number of phenols is 1. The molecule has 0 spiro atoms. The van der Waals surface area contributed by atoms with E-state index in [1.54, 1.807) is 31.2 Å². The van der Waals surface area contributed by atoms with Crippen molar-refractivity contribution in [1.29, 1.82) is 0 Å². The highest BCUT2D eigenvalue weighted by atomic mass is 35.5. The topological polar surface area (TPSA) is 117 Å². The van der Waals surface area contributed by atoms with Gasteiger partial charge in [0.25, 0.3) is 0 Å². The summed E-state index contributed by atoms with van der Waals surface area (Å²) >= 11 is 6.10. The largest absolute Gasteiger partial charge is 0.504 e. The molecule has 3 saturated heterocycles. The second kappa shape index (κ2) is 11.9. The molecule has 0 bridgehead atoms. The van der Waals surface area contributed by atoms with Crippen molar-refractivity contribution in [3.05, 3.63) is 88.7 Å². The van der Waals surface area contributed by atoms with Gasteiger partial charge in [0.05, 0.1) is 59.9 Å². The normalized spacial score (nSPS) is 29.2. The molecule has 6 unspecified atom stereocenters. The first-order valence-corrected chi connectivity index (χ1v) is 17.1. The Labute approximate surface area is 293 Å². The van der Waals surface area contributed by atoms with Crippen LogP contribution in [0.5, 0.6) is 11.5 Å². The number of fused-ring (bicyclic) bond motifs is 4. The van der Waals surface area contributed by atoms with Crippen molar-refractivity contribution < 1.29 is 38.1 Å². The predicted octanol–water partition coefficient (Wildman–Crippen LogP) is 5.47. The zero-order valence-corrected chi connectivity index (χ0v) is 28.2. The number of carbonyl (C=O) groups is 4. The molecule has 1 N–H and O–H groups in total. The van der Waals surface area contributed by atoms with E-state index in [2.05, 4.69) is 4.90 Å². The van der Waals surface area contributed by atoms with Crippen molar-refractivity contribution in [3.63, 3.8) is 0 Å². The maximum Gasteiger partial charge on any atom is 0.241 e. The molecule has 4 amide bonds.